The Morgan fingerprint density at radius 3 is 1.91 bits per heavy atom. The third-order valence-electron chi connectivity index (χ3n) is 24.9. The Morgan fingerprint density at radius 1 is 0.705 bits per heavy atom. The number of rotatable bonds is 11. The number of carbonyl (C=O) groups is 3. The number of aliphatic hydroxyl groups is 7. The Bertz CT molecular complexity index is 2720. The average molecular weight is 1280 g/mol. The molecule has 484 valence electrons. The van der Waals surface area contributed by atoms with Crippen molar-refractivity contribution < 1.29 is 166 Å². The molecule has 4 heterocycles. The van der Waals surface area contributed by atoms with E-state index in [0.29, 0.717) is 36.9 Å². The van der Waals surface area contributed by atoms with Gasteiger partial charge in [0.25, 0.3) is 0 Å². The summed E-state index contributed by atoms with van der Waals surface area (Å²) < 4.78 is 74.2. The third-order valence-corrected chi connectivity index (χ3v) is 25.3. The van der Waals surface area contributed by atoms with Crippen LogP contribution in [0.5, 0.6) is 0 Å². The van der Waals surface area contributed by atoms with Gasteiger partial charge >= 0.3 is 65.1 Å². The van der Waals surface area contributed by atoms with E-state index in [1.54, 1.807) is 40.7 Å². The minimum absolute atomic E-state index is 0. The van der Waals surface area contributed by atoms with Crippen LogP contribution in [-0.2, 0) is 56.6 Å². The van der Waals surface area contributed by atoms with Gasteiger partial charge in [-0.15, -0.1) is 0 Å². The van der Waals surface area contributed by atoms with E-state index >= 15 is 4.39 Å². The number of allylic oxidation sites excluding steroid dienone is 4. The Kier molecular flexibility index (Phi) is 21.4. The predicted molar refractivity (Wildman–Crippen MR) is 298 cm³/mol. The molecule has 0 aromatic heterocycles. The van der Waals surface area contributed by atoms with E-state index in [1.807, 2.05) is 6.92 Å². The van der Waals surface area contributed by atoms with Gasteiger partial charge in [-0.05, 0) is 170 Å². The second-order valence-corrected chi connectivity index (χ2v) is 30.2. The number of cyclic esters (lactones) is 1. The van der Waals surface area contributed by atoms with Crippen molar-refractivity contribution in [2.75, 3.05) is 13.2 Å². The second-order valence-electron chi connectivity index (χ2n) is 29.0. The van der Waals surface area contributed by atoms with Crippen LogP contribution in [0.1, 0.15) is 158 Å². The number of carbonyl (C=O) groups excluding carboxylic acids is 3. The van der Waals surface area contributed by atoms with Gasteiger partial charge < -0.3 is 87.8 Å². The maximum atomic E-state index is 17.0. The van der Waals surface area contributed by atoms with Gasteiger partial charge in [0.1, 0.15) is 37.1 Å². The molecule has 8 aliphatic carbocycles. The summed E-state index contributed by atoms with van der Waals surface area (Å²) in [7, 11) is -5.43. The van der Waals surface area contributed by atoms with E-state index in [4.69, 9.17) is 33.2 Å². The molecule has 7 saturated carbocycles. The minimum Gasteiger partial charge on any atom is -0.790 e. The van der Waals surface area contributed by atoms with Crippen LogP contribution in [0.25, 0.3) is 0 Å². The zero-order valence-corrected chi connectivity index (χ0v) is 57.7. The third kappa shape index (κ3) is 12.1. The number of Topliss-reactive ketones (excluding diaryl/α,β-unsaturated/α-hetero) is 1. The summed E-state index contributed by atoms with van der Waals surface area (Å²) in [5.41, 5.74) is -5.81. The van der Waals surface area contributed by atoms with E-state index in [-0.39, 0.29) is 132 Å². The van der Waals surface area contributed by atoms with E-state index in [2.05, 4.69) is 18.4 Å². The van der Waals surface area contributed by atoms with Crippen molar-refractivity contribution in [3.63, 3.8) is 0 Å². The molecule has 3 saturated heterocycles. The smallest absolute Gasteiger partial charge is 0.790 e. The van der Waals surface area contributed by atoms with Crippen LogP contribution in [0.15, 0.2) is 35.5 Å². The fraction of sp³-hybridized carbons (Fsp3) is 0.857. The SMILES string of the molecule is C[C@@H]1C[C@H]2[C@@H]3CCC4=CC(=O)C=C[C@]4(C)[C@@]3(F)[C@@H](O)C[C@]2(C)[C@@]1(O)C(=O)COP(=O)([O-])[O-].C[C@H]1O[C@@H](O[C@H]2[C@@H](O)C[C@H](O[C@H]3[C@@H](O)C[C@H](O[C@H]4CC[C@@]5(C)[C@H](CC[C@@H]6[C@@H]5CC[C@]5(C)[C@@H](C7=CC(=O)OC7)CC[C@]65O)C4)O[C@@H]3C)O[C@@H]2C)C[C@H](O)[C@@H]1O.[Na+].[Na+]. The van der Waals surface area contributed by atoms with E-state index in [9.17, 15) is 64.5 Å². The van der Waals surface area contributed by atoms with Gasteiger partial charge in [-0.1, -0.05) is 39.3 Å². The molecule has 0 aromatic rings. The van der Waals surface area contributed by atoms with Crippen LogP contribution in [-0.4, -0.2) is 169 Å². The molecule has 4 aliphatic heterocycles. The maximum absolute atomic E-state index is 17.0. The minimum atomic E-state index is -5.43. The van der Waals surface area contributed by atoms with E-state index in [0.717, 1.165) is 63.4 Å². The summed E-state index contributed by atoms with van der Waals surface area (Å²) >= 11 is 0. The number of ether oxygens (including phenoxy) is 7. The number of esters is 1. The van der Waals surface area contributed by atoms with Crippen molar-refractivity contribution in [3.8, 4) is 0 Å². The summed E-state index contributed by atoms with van der Waals surface area (Å²) in [4.78, 5) is 58.5. The molecular formula is C63H92FNa2O21P. The number of fused-ring (bicyclic) bond motifs is 10. The van der Waals surface area contributed by atoms with Crippen LogP contribution in [0, 0.1) is 63.1 Å². The molecule has 0 unspecified atom stereocenters. The predicted octanol–water partition coefficient (Wildman–Crippen LogP) is -2.00. The summed E-state index contributed by atoms with van der Waals surface area (Å²) in [6.07, 6.45) is 5.44. The zero-order valence-electron chi connectivity index (χ0n) is 52.8. The van der Waals surface area contributed by atoms with Gasteiger partial charge in [-0.25, -0.2) is 9.18 Å². The average Bonchev–Trinajstić information content (AvgIpc) is 1.37. The normalized spacial score (nSPS) is 51.2. The number of hydrogen-bond acceptors (Lipinski definition) is 21. The maximum Gasteiger partial charge on any atom is 1.00 e. The van der Waals surface area contributed by atoms with Crippen LogP contribution in [0.3, 0.4) is 0 Å². The molecule has 7 N–H and O–H groups in total. The quantitative estimate of drug-likeness (QED) is 0.0509. The van der Waals surface area contributed by atoms with Crippen LogP contribution in [0.4, 0.5) is 4.39 Å². The topological polar surface area (TPSA) is 330 Å². The standard InChI is InChI=1S/C41H64O13.C22H30FO8P.2Na/c1-20-36(46)29(42)16-34(49-20)53-38-22(3)51-35(18-31(38)44)54-37-21(2)50-33(17-30(37)43)52-25-8-11-39(4)24(15-25)6-7-28-27(39)9-12-40(5)26(10-13-41(28,40)47)23-14-32(45)48-19-23;1-12-8-16-15-5-4-13-9-14(24)6-7-19(13,2)21(15,23)17(25)10-20(16,3)22(12,27)18(26)11-31-32(28,29)30;;/h14,20-22,24-31,33-38,42-44,46-47H,6-13,15-19H2,1-5H3;6-7,9,12,15-17,25,27H,4-5,8,10-11H2,1-3H3,(H2,28,29,30);;/q;;2*+1/p-2/t20-,21-,22-,24-,25+,26-,27+,28-,29+,30+,31+,33+,34+,35+,36-,37-,38-,39+,40-,41+;12-,15+,16+,17+,19+,20+,21+,22+;;/m11../s1. The Morgan fingerprint density at radius 2 is 1.32 bits per heavy atom. The number of ketones is 2. The molecule has 12 aliphatic rings. The van der Waals surface area contributed by atoms with Crippen molar-refractivity contribution in [1.29, 1.82) is 0 Å². The Hall–Kier alpha value is -0.450. The van der Waals surface area contributed by atoms with Crippen LogP contribution >= 0.6 is 7.82 Å². The van der Waals surface area contributed by atoms with Crippen molar-refractivity contribution in [3.05, 3.63) is 35.5 Å². The van der Waals surface area contributed by atoms with Crippen molar-refractivity contribution >= 4 is 25.4 Å². The largest absolute Gasteiger partial charge is 1.00 e. The first-order valence-corrected chi connectivity index (χ1v) is 33.1. The van der Waals surface area contributed by atoms with Gasteiger partial charge in [0, 0.05) is 47.5 Å². The summed E-state index contributed by atoms with van der Waals surface area (Å²) in [5.74, 6) is -1.92. The molecule has 25 heteroatoms. The van der Waals surface area contributed by atoms with Gasteiger partial charge in [0.2, 0.25) is 0 Å². The Labute approximate surface area is 559 Å². The molecule has 21 nitrogen and oxygen atoms in total. The van der Waals surface area contributed by atoms with Gasteiger partial charge in [0.15, 0.2) is 36.1 Å². The molecule has 0 radical (unpaired) electrons. The number of hydrogen-bond donors (Lipinski definition) is 7. The molecule has 0 aromatic carbocycles. The second kappa shape index (κ2) is 26.2. The number of aliphatic hydroxyl groups excluding tert-OH is 5. The number of alkyl halides is 1. The molecule has 88 heavy (non-hydrogen) atoms. The molecule has 12 rings (SSSR count). The van der Waals surface area contributed by atoms with Crippen molar-refractivity contribution in [1.82, 2.24) is 0 Å². The first-order valence-electron chi connectivity index (χ1n) is 31.7. The number of halogens is 1. The summed E-state index contributed by atoms with van der Waals surface area (Å²) in [6.45, 7) is 14.2. The van der Waals surface area contributed by atoms with Crippen molar-refractivity contribution in [2.24, 2.45) is 63.1 Å². The van der Waals surface area contributed by atoms with Gasteiger partial charge in [0.05, 0.1) is 62.3 Å². The molecule has 10 fully saturated rings. The molecule has 28 atom stereocenters. The van der Waals surface area contributed by atoms with E-state index < -0.39 is 146 Å². The monoisotopic (exact) mass is 1280 g/mol. The zero-order chi connectivity index (χ0) is 62.2. The number of phosphoric ester groups is 1. The first kappa shape index (κ1) is 71.8. The molecule has 0 bridgehead atoms. The fourth-order valence-electron chi connectivity index (χ4n) is 20.2. The van der Waals surface area contributed by atoms with Crippen LogP contribution < -0.4 is 68.9 Å². The number of phosphoric acid groups is 1. The van der Waals surface area contributed by atoms with Gasteiger partial charge in [-0.3, -0.25) is 9.59 Å². The molecular weight excluding hydrogens is 1190 g/mol. The van der Waals surface area contributed by atoms with Crippen LogP contribution in [0.2, 0.25) is 0 Å². The van der Waals surface area contributed by atoms with Crippen molar-refractivity contribution in [2.45, 2.75) is 261 Å². The summed E-state index contributed by atoms with van der Waals surface area (Å²) in [6, 6.07) is 0. The van der Waals surface area contributed by atoms with Gasteiger partial charge in [-0.2, -0.15) is 0 Å². The summed E-state index contributed by atoms with van der Waals surface area (Å²) in [5, 5.41) is 77.7. The fourth-order valence-corrected chi connectivity index (χ4v) is 20.4. The first-order chi connectivity index (χ1) is 40.2. The molecule has 0 spiro atoms. The van der Waals surface area contributed by atoms with E-state index in [1.165, 1.54) is 18.2 Å². The Balaban J connectivity index is 0.000000232. The molecule has 0 amide bonds.